The van der Waals surface area contributed by atoms with E-state index in [1.165, 1.54) is 12.8 Å². The standard InChI is InChI=1S/C9H17NO/c1-7-5-4-6-10(8(7)2)9(3)11/h7-8H,4-6H2,1-3H3/t7-,8+/m1/s1. The first kappa shape index (κ1) is 8.57. The van der Waals surface area contributed by atoms with Gasteiger partial charge in [0.2, 0.25) is 5.91 Å². The van der Waals surface area contributed by atoms with Crippen LogP contribution in [0.5, 0.6) is 0 Å². The zero-order valence-corrected chi connectivity index (χ0v) is 7.63. The molecule has 0 N–H and O–H groups in total. The Morgan fingerprint density at radius 2 is 2.09 bits per heavy atom. The summed E-state index contributed by atoms with van der Waals surface area (Å²) >= 11 is 0. The topological polar surface area (TPSA) is 20.3 Å². The number of carbonyl (C=O) groups excluding carboxylic acids is 1. The van der Waals surface area contributed by atoms with Crippen molar-refractivity contribution in [3.8, 4) is 0 Å². The molecule has 1 aliphatic heterocycles. The van der Waals surface area contributed by atoms with Crippen LogP contribution in [0.3, 0.4) is 0 Å². The molecule has 1 heterocycles. The van der Waals surface area contributed by atoms with Crippen molar-refractivity contribution < 1.29 is 4.79 Å². The first-order valence-corrected chi connectivity index (χ1v) is 4.40. The van der Waals surface area contributed by atoms with Crippen molar-refractivity contribution in [1.82, 2.24) is 4.90 Å². The summed E-state index contributed by atoms with van der Waals surface area (Å²) in [6, 6.07) is 0.446. The van der Waals surface area contributed by atoms with E-state index < -0.39 is 0 Å². The van der Waals surface area contributed by atoms with Gasteiger partial charge in [0.1, 0.15) is 0 Å². The van der Waals surface area contributed by atoms with Crippen LogP contribution in [0.2, 0.25) is 0 Å². The Bertz CT molecular complexity index is 156. The van der Waals surface area contributed by atoms with E-state index in [0.717, 1.165) is 6.54 Å². The lowest BCUT2D eigenvalue weighted by Crippen LogP contribution is -2.44. The zero-order valence-electron chi connectivity index (χ0n) is 7.63. The molecule has 0 saturated carbocycles. The second-order valence-corrected chi connectivity index (χ2v) is 3.57. The van der Waals surface area contributed by atoms with E-state index in [-0.39, 0.29) is 5.91 Å². The number of piperidine rings is 1. The molecule has 2 nitrogen and oxygen atoms in total. The van der Waals surface area contributed by atoms with Crippen molar-refractivity contribution in [1.29, 1.82) is 0 Å². The molecule has 0 unspecified atom stereocenters. The number of rotatable bonds is 0. The fraction of sp³-hybridized carbons (Fsp3) is 0.889. The van der Waals surface area contributed by atoms with Gasteiger partial charge in [-0.25, -0.2) is 0 Å². The Morgan fingerprint density at radius 3 is 2.55 bits per heavy atom. The van der Waals surface area contributed by atoms with E-state index in [2.05, 4.69) is 13.8 Å². The monoisotopic (exact) mass is 155 g/mol. The number of amides is 1. The maximum absolute atomic E-state index is 11.1. The predicted molar refractivity (Wildman–Crippen MR) is 45.2 cm³/mol. The van der Waals surface area contributed by atoms with Gasteiger partial charge >= 0.3 is 0 Å². The first-order chi connectivity index (χ1) is 5.13. The van der Waals surface area contributed by atoms with E-state index in [1.54, 1.807) is 6.92 Å². The highest BCUT2D eigenvalue weighted by Gasteiger charge is 2.25. The predicted octanol–water partition coefficient (Wildman–Crippen LogP) is 1.65. The number of hydrogen-bond donors (Lipinski definition) is 0. The van der Waals surface area contributed by atoms with Crippen LogP contribution in [0, 0.1) is 5.92 Å². The summed E-state index contributed by atoms with van der Waals surface area (Å²) in [7, 11) is 0. The Labute approximate surface area is 68.6 Å². The molecule has 1 fully saturated rings. The molecule has 0 aromatic carbocycles. The summed E-state index contributed by atoms with van der Waals surface area (Å²) in [6.07, 6.45) is 2.44. The van der Waals surface area contributed by atoms with Crippen molar-refractivity contribution in [2.45, 2.75) is 39.7 Å². The average Bonchev–Trinajstić information content (AvgIpc) is 1.94. The van der Waals surface area contributed by atoms with Crippen molar-refractivity contribution in [3.05, 3.63) is 0 Å². The van der Waals surface area contributed by atoms with Crippen molar-refractivity contribution in [3.63, 3.8) is 0 Å². The Balaban J connectivity index is 2.58. The van der Waals surface area contributed by atoms with E-state index in [1.807, 2.05) is 4.90 Å². The molecule has 1 saturated heterocycles. The van der Waals surface area contributed by atoms with Crippen LogP contribution in [0.25, 0.3) is 0 Å². The molecule has 11 heavy (non-hydrogen) atoms. The third kappa shape index (κ3) is 1.73. The highest BCUT2D eigenvalue weighted by Crippen LogP contribution is 2.22. The molecule has 0 aromatic heterocycles. The van der Waals surface area contributed by atoms with E-state index in [0.29, 0.717) is 12.0 Å². The minimum Gasteiger partial charge on any atom is -0.340 e. The summed E-state index contributed by atoms with van der Waals surface area (Å²) < 4.78 is 0. The van der Waals surface area contributed by atoms with Gasteiger partial charge in [0, 0.05) is 19.5 Å². The second-order valence-electron chi connectivity index (χ2n) is 3.57. The molecule has 1 rings (SSSR count). The van der Waals surface area contributed by atoms with E-state index in [4.69, 9.17) is 0 Å². The summed E-state index contributed by atoms with van der Waals surface area (Å²) in [4.78, 5) is 13.1. The van der Waals surface area contributed by atoms with Crippen LogP contribution >= 0.6 is 0 Å². The van der Waals surface area contributed by atoms with Crippen molar-refractivity contribution >= 4 is 5.91 Å². The Kier molecular flexibility index (Phi) is 2.53. The largest absolute Gasteiger partial charge is 0.340 e. The molecule has 0 spiro atoms. The highest BCUT2D eigenvalue weighted by atomic mass is 16.2. The maximum atomic E-state index is 11.1. The van der Waals surface area contributed by atoms with Crippen LogP contribution in [0.4, 0.5) is 0 Å². The minimum absolute atomic E-state index is 0.226. The molecule has 1 aliphatic rings. The maximum Gasteiger partial charge on any atom is 0.219 e. The van der Waals surface area contributed by atoms with Gasteiger partial charge < -0.3 is 4.90 Å². The van der Waals surface area contributed by atoms with Crippen LogP contribution in [-0.2, 0) is 4.79 Å². The molecule has 0 aromatic rings. The number of nitrogens with zero attached hydrogens (tertiary/aromatic N) is 1. The average molecular weight is 155 g/mol. The fourth-order valence-corrected chi connectivity index (χ4v) is 1.78. The summed E-state index contributed by atoms with van der Waals surface area (Å²) in [5.74, 6) is 0.900. The lowest BCUT2D eigenvalue weighted by Gasteiger charge is -2.37. The smallest absolute Gasteiger partial charge is 0.219 e. The van der Waals surface area contributed by atoms with Gasteiger partial charge in [0.15, 0.2) is 0 Å². The third-order valence-electron chi connectivity index (χ3n) is 2.78. The quantitative estimate of drug-likeness (QED) is 0.521. The van der Waals surface area contributed by atoms with Gasteiger partial charge in [-0.2, -0.15) is 0 Å². The Hall–Kier alpha value is -0.530. The van der Waals surface area contributed by atoms with Gasteiger partial charge in [0.25, 0.3) is 0 Å². The number of hydrogen-bond acceptors (Lipinski definition) is 1. The summed E-state index contributed by atoms with van der Waals surface area (Å²) in [5, 5.41) is 0. The van der Waals surface area contributed by atoms with Gasteiger partial charge in [-0.3, -0.25) is 4.79 Å². The SMILES string of the molecule is CC(=O)N1CCC[C@@H](C)[C@@H]1C. The molecule has 1 amide bonds. The molecular weight excluding hydrogens is 138 g/mol. The van der Waals surface area contributed by atoms with Crippen LogP contribution in [0.15, 0.2) is 0 Å². The number of likely N-dealkylation sites (tertiary alicyclic amines) is 1. The van der Waals surface area contributed by atoms with E-state index >= 15 is 0 Å². The Morgan fingerprint density at radius 1 is 1.45 bits per heavy atom. The molecule has 0 aliphatic carbocycles. The molecular formula is C9H17NO. The van der Waals surface area contributed by atoms with Gasteiger partial charge in [-0.1, -0.05) is 6.92 Å². The molecule has 64 valence electrons. The zero-order chi connectivity index (χ0) is 8.43. The third-order valence-corrected chi connectivity index (χ3v) is 2.78. The lowest BCUT2D eigenvalue weighted by molar-refractivity contribution is -0.133. The van der Waals surface area contributed by atoms with Crippen LogP contribution in [0.1, 0.15) is 33.6 Å². The van der Waals surface area contributed by atoms with Crippen LogP contribution in [-0.4, -0.2) is 23.4 Å². The molecule has 2 atom stereocenters. The highest BCUT2D eigenvalue weighted by molar-refractivity contribution is 5.73. The summed E-state index contributed by atoms with van der Waals surface area (Å²) in [5.41, 5.74) is 0. The van der Waals surface area contributed by atoms with Crippen LogP contribution < -0.4 is 0 Å². The fourth-order valence-electron chi connectivity index (χ4n) is 1.78. The van der Waals surface area contributed by atoms with Gasteiger partial charge in [0.05, 0.1) is 0 Å². The first-order valence-electron chi connectivity index (χ1n) is 4.40. The second kappa shape index (κ2) is 3.24. The van der Waals surface area contributed by atoms with E-state index in [9.17, 15) is 4.79 Å². The minimum atomic E-state index is 0.226. The lowest BCUT2D eigenvalue weighted by atomic mass is 9.92. The van der Waals surface area contributed by atoms with Gasteiger partial charge in [-0.05, 0) is 25.7 Å². The van der Waals surface area contributed by atoms with Crippen molar-refractivity contribution in [2.75, 3.05) is 6.54 Å². The molecule has 2 heteroatoms. The van der Waals surface area contributed by atoms with Gasteiger partial charge in [-0.15, -0.1) is 0 Å². The normalized spacial score (nSPS) is 32.1. The van der Waals surface area contributed by atoms with Crippen molar-refractivity contribution in [2.24, 2.45) is 5.92 Å². The molecule has 0 radical (unpaired) electrons. The number of carbonyl (C=O) groups is 1. The molecule has 0 bridgehead atoms. The summed E-state index contributed by atoms with van der Waals surface area (Å²) in [6.45, 7) is 6.99.